The number of imide groups is 1. The fraction of sp³-hybridized carbons (Fsp3) is 0.444. The second kappa shape index (κ2) is 16.3. The number of aromatic hydroxyl groups is 1. The number of hydrogen-bond acceptors (Lipinski definition) is 6. The predicted octanol–water partition coefficient (Wildman–Crippen LogP) is 7.43. The van der Waals surface area contributed by atoms with Gasteiger partial charge in [-0.25, -0.2) is 0 Å². The van der Waals surface area contributed by atoms with E-state index in [-0.39, 0.29) is 23.0 Å². The zero-order valence-corrected chi connectivity index (χ0v) is 20.8. The van der Waals surface area contributed by atoms with E-state index in [2.05, 4.69) is 36.3 Å². The van der Waals surface area contributed by atoms with Crippen LogP contribution in [0, 0.1) is 0 Å². The van der Waals surface area contributed by atoms with Crippen molar-refractivity contribution in [3.63, 3.8) is 0 Å². The summed E-state index contributed by atoms with van der Waals surface area (Å²) in [6.45, 7) is 7.85. The highest BCUT2D eigenvalue weighted by Gasteiger charge is 2.10. The number of ketones is 1. The minimum atomic E-state index is -0.443. The summed E-state index contributed by atoms with van der Waals surface area (Å²) in [5.41, 5.74) is 1.46. The Morgan fingerprint density at radius 1 is 0.794 bits per heavy atom. The number of phenols is 1. The van der Waals surface area contributed by atoms with Gasteiger partial charge in [0.25, 0.3) is 5.91 Å². The molecule has 0 spiro atoms. The average molecular weight is 468 g/mol. The van der Waals surface area contributed by atoms with Crippen LogP contribution in [0.25, 0.3) is 0 Å². The minimum absolute atomic E-state index is 0.104. The van der Waals surface area contributed by atoms with Gasteiger partial charge in [0.05, 0.1) is 16.9 Å². The van der Waals surface area contributed by atoms with Gasteiger partial charge in [0.15, 0.2) is 5.78 Å². The molecule has 2 amide bonds. The molecule has 0 aliphatic heterocycles. The van der Waals surface area contributed by atoms with E-state index in [0.29, 0.717) is 23.4 Å². The lowest BCUT2D eigenvalue weighted by atomic mass is 10.1. The minimum Gasteiger partial charge on any atom is -0.507 e. The highest BCUT2D eigenvalue weighted by atomic mass is 16.3. The number of azo groups is 1. The van der Waals surface area contributed by atoms with Crippen LogP contribution in [0.3, 0.4) is 0 Å². The van der Waals surface area contributed by atoms with Crippen molar-refractivity contribution in [3.05, 3.63) is 53.6 Å². The first-order chi connectivity index (χ1) is 16.3. The number of rotatable bonds is 11. The van der Waals surface area contributed by atoms with Crippen LogP contribution < -0.4 is 5.32 Å². The molecule has 0 aliphatic rings. The fourth-order valence-electron chi connectivity index (χ4n) is 2.81. The predicted molar refractivity (Wildman–Crippen MR) is 135 cm³/mol. The van der Waals surface area contributed by atoms with Crippen molar-refractivity contribution in [1.82, 2.24) is 5.32 Å². The van der Waals surface area contributed by atoms with Crippen molar-refractivity contribution >= 4 is 29.0 Å². The molecule has 184 valence electrons. The van der Waals surface area contributed by atoms with Gasteiger partial charge in [-0.1, -0.05) is 59.3 Å². The first kappa shape index (κ1) is 28.7. The number of nitrogens with one attached hydrogen (secondary N) is 1. The molecular formula is C27H37N3O4. The Labute approximate surface area is 202 Å². The fourth-order valence-corrected chi connectivity index (χ4v) is 2.81. The van der Waals surface area contributed by atoms with E-state index >= 15 is 0 Å². The van der Waals surface area contributed by atoms with Crippen LogP contribution >= 0.6 is 0 Å². The molecule has 0 aromatic heterocycles. The van der Waals surface area contributed by atoms with Gasteiger partial charge in [0, 0.05) is 12.0 Å². The zero-order valence-electron chi connectivity index (χ0n) is 20.8. The average Bonchev–Trinajstić information content (AvgIpc) is 2.83. The molecule has 0 aliphatic carbocycles. The van der Waals surface area contributed by atoms with Crippen molar-refractivity contribution in [3.8, 4) is 5.75 Å². The molecule has 0 heterocycles. The number of unbranched alkanes of at least 4 members (excludes halogenated alkanes) is 5. The molecule has 2 N–H and O–H groups in total. The smallest absolute Gasteiger partial charge is 0.257 e. The van der Waals surface area contributed by atoms with E-state index in [1.807, 2.05) is 0 Å². The number of hydrogen-bond donors (Lipinski definition) is 2. The molecule has 0 saturated carbocycles. The third-order valence-electron chi connectivity index (χ3n) is 5.03. The maximum atomic E-state index is 12.2. The van der Waals surface area contributed by atoms with Crippen LogP contribution in [0.15, 0.2) is 52.7 Å². The first-order valence-electron chi connectivity index (χ1n) is 12.0. The molecule has 0 atom stereocenters. The van der Waals surface area contributed by atoms with E-state index in [4.69, 9.17) is 0 Å². The summed E-state index contributed by atoms with van der Waals surface area (Å²) in [6.07, 6.45) is 8.17. The van der Waals surface area contributed by atoms with Crippen molar-refractivity contribution in [2.75, 3.05) is 0 Å². The Balaban J connectivity index is 0.00000133. The Morgan fingerprint density at radius 2 is 1.38 bits per heavy atom. The molecule has 7 nitrogen and oxygen atoms in total. The van der Waals surface area contributed by atoms with Crippen LogP contribution in [-0.2, 0) is 4.79 Å². The topological polar surface area (TPSA) is 108 Å². The Hall–Kier alpha value is -3.35. The zero-order chi connectivity index (χ0) is 25.3. The summed E-state index contributed by atoms with van der Waals surface area (Å²) in [4.78, 5) is 35.5. The number of amides is 2. The quantitative estimate of drug-likeness (QED) is 0.203. The second-order valence-corrected chi connectivity index (χ2v) is 8.05. The molecule has 0 unspecified atom stereocenters. The SMILES string of the molecule is CCCC.CCCCCCCC(=O)NC(=O)c1ccc(N=Nc2ccc(O)c(C(C)=O)c2)cc1. The number of carbonyl (C=O) groups excluding carboxylic acids is 3. The summed E-state index contributed by atoms with van der Waals surface area (Å²) < 4.78 is 0. The Bertz CT molecular complexity index is 951. The molecule has 7 heteroatoms. The summed E-state index contributed by atoms with van der Waals surface area (Å²) >= 11 is 0. The summed E-state index contributed by atoms with van der Waals surface area (Å²) in [7, 11) is 0. The summed E-state index contributed by atoms with van der Waals surface area (Å²) in [6, 6.07) is 10.7. The highest BCUT2D eigenvalue weighted by molar-refractivity contribution is 6.04. The van der Waals surface area contributed by atoms with E-state index in [1.165, 1.54) is 31.9 Å². The third kappa shape index (κ3) is 11.0. The van der Waals surface area contributed by atoms with Crippen LogP contribution in [0.1, 0.15) is 99.8 Å². The molecule has 0 fully saturated rings. The number of phenolic OH excluding ortho intramolecular Hbond substituents is 1. The standard InChI is InChI=1S/C23H27N3O4.C4H10/c1-3-4-5-6-7-8-22(29)24-23(30)17-9-11-18(12-10-17)25-26-19-13-14-21(28)20(15-19)16(2)27;1-3-4-2/h9-15,28H,3-8H2,1-2H3,(H,24,29,30);3-4H2,1-2H3. The second-order valence-electron chi connectivity index (χ2n) is 8.05. The van der Waals surface area contributed by atoms with Crippen LogP contribution in [-0.4, -0.2) is 22.7 Å². The van der Waals surface area contributed by atoms with E-state index < -0.39 is 5.91 Å². The molecule has 0 saturated heterocycles. The Morgan fingerprint density at radius 3 is 1.97 bits per heavy atom. The van der Waals surface area contributed by atoms with Gasteiger partial charge >= 0.3 is 0 Å². The lowest BCUT2D eigenvalue weighted by Gasteiger charge is -2.04. The number of Topliss-reactive ketones (excluding diaryl/α,β-unsaturated/α-hetero) is 1. The maximum Gasteiger partial charge on any atom is 0.257 e. The van der Waals surface area contributed by atoms with Crippen LogP contribution in [0.2, 0.25) is 0 Å². The van der Waals surface area contributed by atoms with Crippen LogP contribution in [0.5, 0.6) is 5.75 Å². The third-order valence-corrected chi connectivity index (χ3v) is 5.03. The van der Waals surface area contributed by atoms with Gasteiger partial charge in [0.1, 0.15) is 5.75 Å². The summed E-state index contributed by atoms with van der Waals surface area (Å²) in [5, 5.41) is 20.2. The lowest BCUT2D eigenvalue weighted by Crippen LogP contribution is -2.30. The molecular weight excluding hydrogens is 430 g/mol. The van der Waals surface area contributed by atoms with Gasteiger partial charge in [0.2, 0.25) is 5.91 Å². The largest absolute Gasteiger partial charge is 0.507 e. The first-order valence-corrected chi connectivity index (χ1v) is 12.0. The number of carbonyl (C=O) groups is 3. The molecule has 0 bridgehead atoms. The van der Waals surface area contributed by atoms with Crippen molar-refractivity contribution in [2.45, 2.75) is 79.1 Å². The van der Waals surface area contributed by atoms with Crippen molar-refractivity contribution in [2.24, 2.45) is 10.2 Å². The van der Waals surface area contributed by atoms with Gasteiger partial charge in [-0.3, -0.25) is 19.7 Å². The van der Waals surface area contributed by atoms with Crippen molar-refractivity contribution < 1.29 is 19.5 Å². The Kier molecular flexibility index (Phi) is 13.7. The van der Waals surface area contributed by atoms with E-state index in [1.54, 1.807) is 30.3 Å². The summed E-state index contributed by atoms with van der Waals surface area (Å²) in [5.74, 6) is -1.08. The lowest BCUT2D eigenvalue weighted by molar-refractivity contribution is -0.120. The van der Waals surface area contributed by atoms with E-state index in [0.717, 1.165) is 32.1 Å². The monoisotopic (exact) mass is 467 g/mol. The van der Waals surface area contributed by atoms with E-state index in [9.17, 15) is 19.5 Å². The highest BCUT2D eigenvalue weighted by Crippen LogP contribution is 2.25. The van der Waals surface area contributed by atoms with Crippen molar-refractivity contribution in [1.29, 1.82) is 0 Å². The van der Waals surface area contributed by atoms with Gasteiger partial charge in [-0.15, -0.1) is 0 Å². The number of nitrogens with zero attached hydrogens (tertiary/aromatic N) is 2. The van der Waals surface area contributed by atoms with Gasteiger partial charge < -0.3 is 5.11 Å². The van der Waals surface area contributed by atoms with Gasteiger partial charge in [-0.2, -0.15) is 10.2 Å². The molecule has 2 aromatic rings. The molecule has 34 heavy (non-hydrogen) atoms. The molecule has 2 aromatic carbocycles. The molecule has 2 rings (SSSR count). The van der Waals surface area contributed by atoms with Crippen LogP contribution in [0.4, 0.5) is 11.4 Å². The molecule has 0 radical (unpaired) electrons. The number of benzene rings is 2. The maximum absolute atomic E-state index is 12.2. The normalized spacial score (nSPS) is 10.5. The van der Waals surface area contributed by atoms with Gasteiger partial charge in [-0.05, 0) is 55.8 Å².